The molecule has 9 heteroatoms. The average molecular weight is 629 g/mol. The Balaban J connectivity index is 2.08. The molecule has 0 aliphatic heterocycles. The molecule has 1 atom stereocenters. The van der Waals surface area contributed by atoms with E-state index in [9.17, 15) is 18.0 Å². The summed E-state index contributed by atoms with van der Waals surface area (Å²) in [5.74, 6) is -0.520. The van der Waals surface area contributed by atoms with Gasteiger partial charge in [0.25, 0.3) is 0 Å². The van der Waals surface area contributed by atoms with Crippen LogP contribution in [0.3, 0.4) is 0 Å². The predicted molar refractivity (Wildman–Crippen MR) is 165 cm³/mol. The van der Waals surface area contributed by atoms with Crippen LogP contribution in [0.2, 0.25) is 0 Å². The Bertz CT molecular complexity index is 1410. The van der Waals surface area contributed by atoms with Crippen molar-refractivity contribution in [1.29, 1.82) is 0 Å². The fraction of sp³-hybridized carbons (Fsp3) is 0.355. The normalized spacial score (nSPS) is 12.2. The van der Waals surface area contributed by atoms with E-state index >= 15 is 0 Å². The summed E-state index contributed by atoms with van der Waals surface area (Å²) in [6.07, 6.45) is 1.38. The summed E-state index contributed by atoms with van der Waals surface area (Å²) < 4.78 is 28.1. The number of halogens is 1. The van der Waals surface area contributed by atoms with Gasteiger partial charge in [0.2, 0.25) is 21.8 Å². The number of hydrogen-bond donors (Lipinski definition) is 1. The van der Waals surface area contributed by atoms with Gasteiger partial charge in [-0.05, 0) is 54.2 Å². The van der Waals surface area contributed by atoms with E-state index in [4.69, 9.17) is 0 Å². The number of sulfonamides is 1. The third-order valence-electron chi connectivity index (χ3n) is 6.57. The van der Waals surface area contributed by atoms with Gasteiger partial charge in [-0.3, -0.25) is 13.9 Å². The predicted octanol–water partition coefficient (Wildman–Crippen LogP) is 5.24. The molecule has 0 fully saturated rings. The van der Waals surface area contributed by atoms with E-state index in [1.165, 1.54) is 4.90 Å². The Labute approximate surface area is 246 Å². The molecule has 3 rings (SSSR count). The van der Waals surface area contributed by atoms with E-state index in [2.05, 4.69) is 21.2 Å². The fourth-order valence-corrected chi connectivity index (χ4v) is 5.99. The molecule has 0 aliphatic rings. The number of anilines is 1. The quantitative estimate of drug-likeness (QED) is 0.297. The molecular formula is C31H38BrN3O4S. The molecule has 3 aromatic rings. The second-order valence-corrected chi connectivity index (χ2v) is 13.3. The lowest BCUT2D eigenvalue weighted by molar-refractivity contribution is -0.140. The van der Waals surface area contributed by atoms with Crippen molar-refractivity contribution < 1.29 is 18.0 Å². The number of rotatable bonds is 12. The molecule has 214 valence electrons. The highest BCUT2D eigenvalue weighted by atomic mass is 79.9. The van der Waals surface area contributed by atoms with Gasteiger partial charge in [0.05, 0.1) is 11.9 Å². The minimum absolute atomic E-state index is 0.134. The Morgan fingerprint density at radius 1 is 0.900 bits per heavy atom. The first-order chi connectivity index (χ1) is 18.9. The van der Waals surface area contributed by atoms with Crippen molar-refractivity contribution in [1.82, 2.24) is 10.2 Å². The molecule has 0 unspecified atom stereocenters. The summed E-state index contributed by atoms with van der Waals surface area (Å²) >= 11 is 3.49. The summed E-state index contributed by atoms with van der Waals surface area (Å²) in [6, 6.07) is 21.7. The lowest BCUT2D eigenvalue weighted by atomic mass is 10.0. The Morgan fingerprint density at radius 2 is 1.50 bits per heavy atom. The van der Waals surface area contributed by atoms with Crippen LogP contribution >= 0.6 is 15.9 Å². The van der Waals surface area contributed by atoms with E-state index in [0.29, 0.717) is 12.2 Å². The van der Waals surface area contributed by atoms with Gasteiger partial charge in [-0.1, -0.05) is 90.4 Å². The van der Waals surface area contributed by atoms with Crippen LogP contribution < -0.4 is 9.62 Å². The highest BCUT2D eigenvalue weighted by Gasteiger charge is 2.33. The molecule has 2 amide bonds. The zero-order chi connectivity index (χ0) is 29.4. The van der Waals surface area contributed by atoms with E-state index in [-0.39, 0.29) is 24.8 Å². The number of para-hydroxylation sites is 1. The van der Waals surface area contributed by atoms with Crippen LogP contribution in [0.15, 0.2) is 77.3 Å². The van der Waals surface area contributed by atoms with E-state index in [1.54, 1.807) is 0 Å². The van der Waals surface area contributed by atoms with Crippen molar-refractivity contribution in [2.24, 2.45) is 5.92 Å². The summed E-state index contributed by atoms with van der Waals surface area (Å²) in [4.78, 5) is 29.4. The lowest BCUT2D eigenvalue weighted by Gasteiger charge is -2.34. The number of carbonyl (C=O) groups is 2. The summed E-state index contributed by atoms with van der Waals surface area (Å²) in [5, 5.41) is 2.99. The molecule has 40 heavy (non-hydrogen) atoms. The molecule has 0 saturated heterocycles. The summed E-state index contributed by atoms with van der Waals surface area (Å²) in [7, 11) is -3.82. The summed E-state index contributed by atoms with van der Waals surface area (Å²) in [6.45, 7) is 7.82. The number of carbonyl (C=O) groups excluding carboxylic acids is 2. The molecule has 0 aromatic heterocycles. The average Bonchev–Trinajstić information content (AvgIpc) is 2.88. The molecule has 1 N–H and O–H groups in total. The van der Waals surface area contributed by atoms with Gasteiger partial charge in [0.15, 0.2) is 0 Å². The van der Waals surface area contributed by atoms with Crippen LogP contribution in [0, 0.1) is 19.8 Å². The number of hydrogen-bond acceptors (Lipinski definition) is 4. The summed E-state index contributed by atoms with van der Waals surface area (Å²) in [5.41, 5.74) is 3.67. The van der Waals surface area contributed by atoms with Crippen LogP contribution in [0.4, 0.5) is 5.69 Å². The maximum atomic E-state index is 14.2. The van der Waals surface area contributed by atoms with Gasteiger partial charge >= 0.3 is 0 Å². The van der Waals surface area contributed by atoms with Crippen LogP contribution in [-0.4, -0.2) is 50.5 Å². The Kier molecular flexibility index (Phi) is 10.9. The third-order valence-corrected chi connectivity index (χ3v) is 8.17. The van der Waals surface area contributed by atoms with Crippen LogP contribution in [-0.2, 0) is 32.6 Å². The van der Waals surface area contributed by atoms with Crippen molar-refractivity contribution in [3.05, 3.63) is 99.5 Å². The molecule has 0 heterocycles. The molecule has 0 radical (unpaired) electrons. The fourth-order valence-electron chi connectivity index (χ4n) is 4.58. The highest BCUT2D eigenvalue weighted by Crippen LogP contribution is 2.27. The van der Waals surface area contributed by atoms with Crippen molar-refractivity contribution in [2.45, 2.75) is 46.7 Å². The van der Waals surface area contributed by atoms with Gasteiger partial charge in [-0.25, -0.2) is 8.42 Å². The first-order valence-electron chi connectivity index (χ1n) is 13.3. The van der Waals surface area contributed by atoms with Crippen molar-refractivity contribution in [3.63, 3.8) is 0 Å². The number of benzene rings is 3. The Morgan fingerprint density at radius 3 is 2.08 bits per heavy atom. The van der Waals surface area contributed by atoms with Crippen LogP contribution in [0.25, 0.3) is 0 Å². The first-order valence-corrected chi connectivity index (χ1v) is 15.9. The van der Waals surface area contributed by atoms with E-state index in [1.807, 2.05) is 100 Å². The third kappa shape index (κ3) is 8.66. The van der Waals surface area contributed by atoms with Gasteiger partial charge < -0.3 is 10.2 Å². The van der Waals surface area contributed by atoms with Crippen LogP contribution in [0.5, 0.6) is 0 Å². The molecule has 0 bridgehead atoms. The van der Waals surface area contributed by atoms with Crippen LogP contribution in [0.1, 0.15) is 36.1 Å². The SMILES string of the molecule is Cc1cccc(C)c1N(CC(=O)N(Cc1cccc(Br)c1)[C@@H](Cc1ccccc1)C(=O)NCC(C)C)S(C)(=O)=O. The molecule has 0 aliphatic carbocycles. The minimum Gasteiger partial charge on any atom is -0.354 e. The first kappa shape index (κ1) is 31.4. The molecule has 7 nitrogen and oxygen atoms in total. The van der Waals surface area contributed by atoms with Gasteiger partial charge in [0.1, 0.15) is 12.6 Å². The maximum absolute atomic E-state index is 14.2. The largest absolute Gasteiger partial charge is 0.354 e. The molecule has 0 saturated carbocycles. The van der Waals surface area contributed by atoms with E-state index in [0.717, 1.165) is 37.3 Å². The number of nitrogens with zero attached hydrogens (tertiary/aromatic N) is 2. The lowest BCUT2D eigenvalue weighted by Crippen LogP contribution is -2.53. The zero-order valence-electron chi connectivity index (χ0n) is 23.7. The molecule has 3 aromatic carbocycles. The molecule has 0 spiro atoms. The van der Waals surface area contributed by atoms with Crippen molar-refractivity contribution >= 4 is 43.5 Å². The van der Waals surface area contributed by atoms with Gasteiger partial charge in [-0.15, -0.1) is 0 Å². The zero-order valence-corrected chi connectivity index (χ0v) is 26.1. The van der Waals surface area contributed by atoms with Gasteiger partial charge in [0, 0.05) is 24.0 Å². The maximum Gasteiger partial charge on any atom is 0.244 e. The smallest absolute Gasteiger partial charge is 0.244 e. The second kappa shape index (κ2) is 13.9. The van der Waals surface area contributed by atoms with Gasteiger partial charge in [-0.2, -0.15) is 0 Å². The Hall–Kier alpha value is -3.17. The number of nitrogens with one attached hydrogen (secondary N) is 1. The minimum atomic E-state index is -3.82. The van der Waals surface area contributed by atoms with E-state index < -0.39 is 28.5 Å². The van der Waals surface area contributed by atoms with Crippen molar-refractivity contribution in [2.75, 3.05) is 23.7 Å². The number of aryl methyl sites for hydroxylation is 2. The molecular weight excluding hydrogens is 590 g/mol. The second-order valence-electron chi connectivity index (χ2n) is 10.5. The van der Waals surface area contributed by atoms with Crippen molar-refractivity contribution in [3.8, 4) is 0 Å². The topological polar surface area (TPSA) is 86.8 Å². The number of amides is 2. The standard InChI is InChI=1S/C31H38BrN3O4S/c1-22(2)19-33-31(37)28(18-25-13-7-6-8-14-25)34(20-26-15-10-16-27(32)17-26)29(36)21-35(40(5,38)39)30-23(3)11-9-12-24(30)4/h6-17,22,28H,18-21H2,1-5H3,(H,33,37)/t28-/m0/s1. The highest BCUT2D eigenvalue weighted by molar-refractivity contribution is 9.10. The monoisotopic (exact) mass is 627 g/mol.